The molecule has 0 atom stereocenters. The Morgan fingerprint density at radius 1 is 1.00 bits per heavy atom. The number of hydrogen-bond donors (Lipinski definition) is 3. The first-order chi connectivity index (χ1) is 21.7. The maximum atomic E-state index is 11.3. The standard InChI is InChI=1S/C33H42Cl2N6O4.ClH/c1-24(44)36-21-25-4-6-39(7-5-25)23-26-16-31(27-18-28(34)20-29(35)19-27)38-33(17-26)45-30-2-3-32(37-22-30)40-8-10-41(11-9-40,12-14-42)13-15-43;/h2-3,16-20,22,25,42-43H,4-15,21,23H2,1H3;1H. The largest absolute Gasteiger partial charge is 1.00 e. The first kappa shape index (κ1) is 36.1. The zero-order valence-electron chi connectivity index (χ0n) is 26.2. The predicted octanol–water partition coefficient (Wildman–Crippen LogP) is 1.22. The third-order valence-electron chi connectivity index (χ3n) is 8.88. The summed E-state index contributed by atoms with van der Waals surface area (Å²) >= 11 is 12.7. The first-order valence-corrected chi connectivity index (χ1v) is 16.4. The smallest absolute Gasteiger partial charge is 0.220 e. The molecule has 2 saturated heterocycles. The van der Waals surface area contributed by atoms with Crippen LogP contribution in [-0.2, 0) is 11.3 Å². The predicted molar refractivity (Wildman–Crippen MR) is 177 cm³/mol. The van der Waals surface area contributed by atoms with Gasteiger partial charge in [0.25, 0.3) is 0 Å². The lowest BCUT2D eigenvalue weighted by Gasteiger charge is -2.44. The summed E-state index contributed by atoms with van der Waals surface area (Å²) in [5.41, 5.74) is 2.60. The van der Waals surface area contributed by atoms with Crippen molar-refractivity contribution in [3.05, 3.63) is 64.3 Å². The number of amides is 1. The van der Waals surface area contributed by atoms with Gasteiger partial charge in [-0.25, -0.2) is 9.97 Å². The highest BCUT2D eigenvalue weighted by Crippen LogP contribution is 2.31. The Hall–Kier alpha value is -2.70. The van der Waals surface area contributed by atoms with Crippen molar-refractivity contribution in [2.45, 2.75) is 26.3 Å². The minimum Gasteiger partial charge on any atom is -1.00 e. The molecule has 0 spiro atoms. The molecule has 250 valence electrons. The third kappa shape index (κ3) is 9.90. The van der Waals surface area contributed by atoms with Gasteiger partial charge in [0, 0.05) is 41.7 Å². The van der Waals surface area contributed by atoms with E-state index in [2.05, 4.69) is 26.2 Å². The Bertz CT molecular complexity index is 1400. The second-order valence-corrected chi connectivity index (χ2v) is 13.0. The number of carbonyl (C=O) groups excluding carboxylic acids is 1. The normalized spacial score (nSPS) is 16.9. The number of piperidine rings is 1. The quantitative estimate of drug-likeness (QED) is 0.243. The molecule has 5 rings (SSSR count). The average Bonchev–Trinajstić information content (AvgIpc) is 3.01. The molecular formula is C33H43Cl3N6O4. The Kier molecular flexibility index (Phi) is 13.3. The lowest BCUT2D eigenvalue weighted by atomic mass is 9.96. The number of carbonyl (C=O) groups is 1. The number of halogens is 3. The topological polar surface area (TPSA) is 111 Å². The molecular weight excluding hydrogens is 651 g/mol. The summed E-state index contributed by atoms with van der Waals surface area (Å²) in [5.74, 6) is 2.42. The summed E-state index contributed by atoms with van der Waals surface area (Å²) in [6, 6.07) is 13.3. The van der Waals surface area contributed by atoms with E-state index >= 15 is 0 Å². The van der Waals surface area contributed by atoms with Crippen LogP contribution in [0.4, 0.5) is 5.82 Å². The maximum absolute atomic E-state index is 11.3. The second-order valence-electron chi connectivity index (χ2n) is 12.1. The molecule has 4 heterocycles. The number of aromatic nitrogens is 2. The second kappa shape index (κ2) is 16.9. The lowest BCUT2D eigenvalue weighted by molar-refractivity contribution is -0.929. The van der Waals surface area contributed by atoms with Crippen molar-refractivity contribution in [3.63, 3.8) is 0 Å². The number of pyridine rings is 2. The Morgan fingerprint density at radius 2 is 1.67 bits per heavy atom. The molecule has 46 heavy (non-hydrogen) atoms. The maximum Gasteiger partial charge on any atom is 0.220 e. The van der Waals surface area contributed by atoms with Crippen LogP contribution in [-0.4, -0.2) is 108 Å². The van der Waals surface area contributed by atoms with Crippen LogP contribution >= 0.6 is 23.2 Å². The number of nitrogens with zero attached hydrogens (tertiary/aromatic N) is 5. The number of piperazine rings is 1. The number of benzene rings is 1. The van der Waals surface area contributed by atoms with E-state index in [0.717, 1.165) is 92.3 Å². The Labute approximate surface area is 287 Å². The van der Waals surface area contributed by atoms with Gasteiger partial charge < -0.3 is 42.1 Å². The summed E-state index contributed by atoms with van der Waals surface area (Å²) < 4.78 is 6.99. The molecule has 1 amide bonds. The molecule has 10 nitrogen and oxygen atoms in total. The third-order valence-corrected chi connectivity index (χ3v) is 9.31. The van der Waals surface area contributed by atoms with Crippen LogP contribution in [0, 0.1) is 5.92 Å². The van der Waals surface area contributed by atoms with Crippen molar-refractivity contribution in [3.8, 4) is 22.9 Å². The molecule has 1 aromatic carbocycles. The summed E-state index contributed by atoms with van der Waals surface area (Å²) in [5, 5.41) is 23.1. The van der Waals surface area contributed by atoms with Gasteiger partial charge in [0.05, 0.1) is 51.3 Å². The summed E-state index contributed by atoms with van der Waals surface area (Å²) in [6.45, 7) is 9.76. The van der Waals surface area contributed by atoms with E-state index < -0.39 is 0 Å². The van der Waals surface area contributed by atoms with Gasteiger partial charge >= 0.3 is 0 Å². The van der Waals surface area contributed by atoms with Crippen LogP contribution in [0.1, 0.15) is 25.3 Å². The summed E-state index contributed by atoms with van der Waals surface area (Å²) in [7, 11) is 0. The van der Waals surface area contributed by atoms with Crippen molar-refractivity contribution in [2.75, 3.05) is 77.0 Å². The van der Waals surface area contributed by atoms with Crippen molar-refractivity contribution < 1.29 is 36.6 Å². The minimum atomic E-state index is 0. The highest BCUT2D eigenvalue weighted by atomic mass is 35.5. The van der Waals surface area contributed by atoms with Gasteiger partial charge in [-0.05, 0) is 73.8 Å². The molecule has 2 fully saturated rings. The zero-order valence-corrected chi connectivity index (χ0v) is 28.4. The van der Waals surface area contributed by atoms with Crippen LogP contribution in [0.15, 0.2) is 48.7 Å². The molecule has 0 bridgehead atoms. The van der Waals surface area contributed by atoms with E-state index in [1.165, 1.54) is 0 Å². The number of quaternary nitrogens is 1. The van der Waals surface area contributed by atoms with Crippen molar-refractivity contribution >= 4 is 34.9 Å². The molecule has 0 unspecified atom stereocenters. The summed E-state index contributed by atoms with van der Waals surface area (Å²) in [6.07, 6.45) is 3.78. The fourth-order valence-corrected chi connectivity index (χ4v) is 6.82. The van der Waals surface area contributed by atoms with E-state index in [1.807, 2.05) is 30.3 Å². The highest BCUT2D eigenvalue weighted by Gasteiger charge is 2.32. The number of aliphatic hydroxyl groups excluding tert-OH is 2. The van der Waals surface area contributed by atoms with Gasteiger partial charge in [-0.2, -0.15) is 0 Å². The van der Waals surface area contributed by atoms with Crippen LogP contribution in [0.2, 0.25) is 10.0 Å². The Morgan fingerprint density at radius 3 is 2.26 bits per heavy atom. The summed E-state index contributed by atoms with van der Waals surface area (Å²) in [4.78, 5) is 25.5. The number of hydrogen-bond acceptors (Lipinski definition) is 8. The molecule has 0 saturated carbocycles. The fourth-order valence-electron chi connectivity index (χ4n) is 6.29. The molecule has 3 aromatic rings. The molecule has 2 aliphatic heterocycles. The molecule has 0 aliphatic carbocycles. The number of nitrogens with one attached hydrogen (secondary N) is 1. The SMILES string of the molecule is CC(=O)NCC1CCN(Cc2cc(Oc3ccc(N4CC[N+](CCO)(CCO)CC4)nc3)nc(-c3cc(Cl)cc(Cl)c3)c2)CC1.[Cl-]. The van der Waals surface area contributed by atoms with Crippen LogP contribution in [0.5, 0.6) is 11.6 Å². The molecule has 13 heteroatoms. The fraction of sp³-hybridized carbons (Fsp3) is 0.485. The zero-order chi connectivity index (χ0) is 31.8. The van der Waals surface area contributed by atoms with E-state index in [0.29, 0.717) is 40.7 Å². The average molecular weight is 694 g/mol. The lowest BCUT2D eigenvalue weighted by Crippen LogP contribution is -3.00. The molecule has 0 radical (unpaired) electrons. The van der Waals surface area contributed by atoms with Gasteiger partial charge in [0.15, 0.2) is 0 Å². The highest BCUT2D eigenvalue weighted by molar-refractivity contribution is 6.35. The molecule has 3 N–H and O–H groups in total. The van der Waals surface area contributed by atoms with Crippen LogP contribution in [0.3, 0.4) is 0 Å². The van der Waals surface area contributed by atoms with Crippen LogP contribution < -0.4 is 27.4 Å². The molecule has 2 aromatic heterocycles. The number of anilines is 1. The van der Waals surface area contributed by atoms with Gasteiger partial charge in [-0.1, -0.05) is 23.2 Å². The van der Waals surface area contributed by atoms with E-state index in [9.17, 15) is 15.0 Å². The van der Waals surface area contributed by atoms with Crippen molar-refractivity contribution in [2.24, 2.45) is 5.92 Å². The molecule has 2 aliphatic rings. The van der Waals surface area contributed by atoms with E-state index in [-0.39, 0.29) is 31.5 Å². The minimum absolute atomic E-state index is 0. The first-order valence-electron chi connectivity index (χ1n) is 15.6. The van der Waals surface area contributed by atoms with Gasteiger partial charge in [0.2, 0.25) is 11.8 Å². The van der Waals surface area contributed by atoms with Gasteiger partial charge in [-0.15, -0.1) is 0 Å². The van der Waals surface area contributed by atoms with Crippen molar-refractivity contribution in [1.82, 2.24) is 20.2 Å². The van der Waals surface area contributed by atoms with Gasteiger partial charge in [-0.3, -0.25) is 9.69 Å². The Balaban J connectivity index is 0.00000480. The van der Waals surface area contributed by atoms with Crippen molar-refractivity contribution in [1.29, 1.82) is 0 Å². The monoisotopic (exact) mass is 692 g/mol. The number of likely N-dealkylation sites (tertiary alicyclic amines) is 1. The van der Waals surface area contributed by atoms with E-state index in [1.54, 1.807) is 19.2 Å². The van der Waals surface area contributed by atoms with E-state index in [4.69, 9.17) is 32.9 Å². The number of ether oxygens (including phenoxy) is 1. The van der Waals surface area contributed by atoms with Crippen LogP contribution in [0.25, 0.3) is 11.3 Å². The number of aliphatic hydroxyl groups is 2. The van der Waals surface area contributed by atoms with Gasteiger partial charge in [0.1, 0.15) is 24.7 Å². The number of rotatable bonds is 12.